The molecule has 0 atom stereocenters. The van der Waals surface area contributed by atoms with Crippen LogP contribution >= 0.6 is 0 Å². The first kappa shape index (κ1) is 10.2. The number of carboxylic acid groups (broad SMARTS) is 1. The Hall–Kier alpha value is -1.84. The van der Waals surface area contributed by atoms with Gasteiger partial charge in [0, 0.05) is 37.1 Å². The highest BCUT2D eigenvalue weighted by atomic mass is 16.4. The van der Waals surface area contributed by atoms with Gasteiger partial charge in [0.1, 0.15) is 0 Å². The van der Waals surface area contributed by atoms with Crippen LogP contribution in [-0.4, -0.2) is 15.6 Å². The van der Waals surface area contributed by atoms with Gasteiger partial charge in [-0.05, 0) is 12.5 Å². The third-order valence-corrected chi connectivity index (χ3v) is 1.66. The van der Waals surface area contributed by atoms with E-state index in [0.29, 0.717) is 6.54 Å². The number of carbonyl (C=O) groups is 1. The third-order valence-electron chi connectivity index (χ3n) is 1.66. The van der Waals surface area contributed by atoms with E-state index in [2.05, 4.69) is 0 Å². The first-order valence-electron chi connectivity index (χ1n) is 4.14. The maximum absolute atomic E-state index is 10.8. The Morgan fingerprint density at radius 3 is 2.57 bits per heavy atom. The monoisotopic (exact) mass is 193 g/mol. The quantitative estimate of drug-likeness (QED) is 0.725. The summed E-state index contributed by atoms with van der Waals surface area (Å²) in [5.74, 6) is -0.955. The van der Waals surface area contributed by atoms with Gasteiger partial charge in [0.05, 0.1) is 0 Å². The number of hydrogen-bond donors (Lipinski definition) is 1. The van der Waals surface area contributed by atoms with E-state index < -0.39 is 5.97 Å². The molecule has 4 nitrogen and oxygen atoms in total. The minimum atomic E-state index is -0.955. The minimum absolute atomic E-state index is 0.0545. The molecule has 1 aromatic heterocycles. The summed E-state index contributed by atoms with van der Waals surface area (Å²) in [6, 6.07) is 2.88. The summed E-state index contributed by atoms with van der Waals surface area (Å²) < 4.78 is 1.75. The Morgan fingerprint density at radius 1 is 1.50 bits per heavy atom. The second-order valence-electron chi connectivity index (χ2n) is 3.04. The van der Waals surface area contributed by atoms with Crippen molar-refractivity contribution in [1.82, 2.24) is 4.57 Å². The molecule has 0 fully saturated rings. The lowest BCUT2D eigenvalue weighted by Crippen LogP contribution is -2.05. The van der Waals surface area contributed by atoms with Gasteiger partial charge in [-0.25, -0.2) is 4.79 Å². The molecule has 0 radical (unpaired) electrons. The normalized spacial score (nSPS) is 11.4. The van der Waals surface area contributed by atoms with Gasteiger partial charge in [-0.3, -0.25) is 4.79 Å². The molecule has 1 heterocycles. The van der Waals surface area contributed by atoms with Crippen LogP contribution in [0, 0.1) is 0 Å². The zero-order valence-electron chi connectivity index (χ0n) is 7.80. The van der Waals surface area contributed by atoms with E-state index in [1.54, 1.807) is 23.9 Å². The fourth-order valence-corrected chi connectivity index (χ4v) is 1.09. The van der Waals surface area contributed by atoms with E-state index in [1.807, 2.05) is 0 Å². The number of aliphatic carboxylic acids is 1. The van der Waals surface area contributed by atoms with Crippen molar-refractivity contribution in [3.05, 3.63) is 46.4 Å². The zero-order chi connectivity index (χ0) is 10.6. The first-order chi connectivity index (χ1) is 6.58. The lowest BCUT2D eigenvalue weighted by molar-refractivity contribution is -0.131. The Kier molecular flexibility index (Phi) is 3.23. The average Bonchev–Trinajstić information content (AvgIpc) is 2.07. The summed E-state index contributed by atoms with van der Waals surface area (Å²) in [5, 5.41) is 8.47. The van der Waals surface area contributed by atoms with Crippen molar-refractivity contribution in [1.29, 1.82) is 0 Å². The topological polar surface area (TPSA) is 59.3 Å². The Morgan fingerprint density at radius 2 is 2.07 bits per heavy atom. The highest BCUT2D eigenvalue weighted by molar-refractivity contribution is 5.80. The maximum atomic E-state index is 10.8. The van der Waals surface area contributed by atoms with Crippen LogP contribution < -0.4 is 5.43 Å². The highest BCUT2D eigenvalue weighted by Crippen LogP contribution is 1.97. The first-order valence-corrected chi connectivity index (χ1v) is 4.14. The van der Waals surface area contributed by atoms with Crippen molar-refractivity contribution in [2.75, 3.05) is 0 Å². The molecule has 0 saturated carbocycles. The summed E-state index contributed by atoms with van der Waals surface area (Å²) in [5.41, 5.74) is 0.669. The van der Waals surface area contributed by atoms with Crippen LogP contribution in [0.3, 0.4) is 0 Å². The SMILES string of the molecule is CC(=CC(=O)O)Cn1ccc(=O)cc1. The van der Waals surface area contributed by atoms with Crippen LogP contribution in [0.4, 0.5) is 0 Å². The van der Waals surface area contributed by atoms with Gasteiger partial charge in [-0.1, -0.05) is 0 Å². The number of pyridine rings is 1. The molecule has 0 spiro atoms. The molecule has 0 aliphatic carbocycles. The molecule has 74 valence electrons. The van der Waals surface area contributed by atoms with Gasteiger partial charge >= 0.3 is 5.97 Å². The van der Waals surface area contributed by atoms with Crippen molar-refractivity contribution < 1.29 is 9.90 Å². The molecule has 0 aliphatic heterocycles. The minimum Gasteiger partial charge on any atom is -0.478 e. The Bertz CT molecular complexity index is 397. The summed E-state index contributed by atoms with van der Waals surface area (Å²) >= 11 is 0. The van der Waals surface area contributed by atoms with E-state index >= 15 is 0 Å². The number of hydrogen-bond acceptors (Lipinski definition) is 2. The number of nitrogens with zero attached hydrogens (tertiary/aromatic N) is 1. The van der Waals surface area contributed by atoms with Crippen LogP contribution in [0.2, 0.25) is 0 Å². The van der Waals surface area contributed by atoms with E-state index in [1.165, 1.54) is 12.1 Å². The maximum Gasteiger partial charge on any atom is 0.328 e. The molecule has 0 aromatic carbocycles. The van der Waals surface area contributed by atoms with Crippen LogP contribution in [0.5, 0.6) is 0 Å². The Labute approximate surface area is 81.1 Å². The predicted octanol–water partition coefficient (Wildman–Crippen LogP) is 0.879. The standard InChI is InChI=1S/C10H11NO3/c1-8(6-10(13)14)7-11-4-2-9(12)3-5-11/h2-6H,7H2,1H3,(H,13,14). The molecule has 1 N–H and O–H groups in total. The van der Waals surface area contributed by atoms with Gasteiger partial charge in [-0.15, -0.1) is 0 Å². The average molecular weight is 193 g/mol. The second kappa shape index (κ2) is 4.41. The van der Waals surface area contributed by atoms with Crippen molar-refractivity contribution >= 4 is 5.97 Å². The van der Waals surface area contributed by atoms with Crippen LogP contribution in [0.1, 0.15) is 6.92 Å². The van der Waals surface area contributed by atoms with Crippen molar-refractivity contribution in [2.45, 2.75) is 13.5 Å². The van der Waals surface area contributed by atoms with Gasteiger partial charge in [0.15, 0.2) is 5.43 Å². The van der Waals surface area contributed by atoms with E-state index in [9.17, 15) is 9.59 Å². The smallest absolute Gasteiger partial charge is 0.328 e. The highest BCUT2D eigenvalue weighted by Gasteiger charge is 1.94. The lowest BCUT2D eigenvalue weighted by atomic mass is 10.3. The lowest BCUT2D eigenvalue weighted by Gasteiger charge is -2.04. The summed E-state index contributed by atoms with van der Waals surface area (Å²) in [4.78, 5) is 21.1. The molecule has 0 bridgehead atoms. The van der Waals surface area contributed by atoms with Crippen molar-refractivity contribution in [3.63, 3.8) is 0 Å². The molecule has 0 unspecified atom stereocenters. The molecular weight excluding hydrogens is 182 g/mol. The van der Waals surface area contributed by atoms with Gasteiger partial charge < -0.3 is 9.67 Å². The largest absolute Gasteiger partial charge is 0.478 e. The number of allylic oxidation sites excluding steroid dienone is 1. The molecule has 4 heteroatoms. The Balaban J connectivity index is 2.74. The molecule has 1 aromatic rings. The van der Waals surface area contributed by atoms with Gasteiger partial charge in [0.2, 0.25) is 0 Å². The van der Waals surface area contributed by atoms with E-state index in [0.717, 1.165) is 11.6 Å². The molecule has 0 saturated heterocycles. The van der Waals surface area contributed by atoms with E-state index in [-0.39, 0.29) is 5.43 Å². The van der Waals surface area contributed by atoms with E-state index in [4.69, 9.17) is 5.11 Å². The summed E-state index contributed by atoms with van der Waals surface area (Å²) in [6.45, 7) is 2.21. The van der Waals surface area contributed by atoms with Crippen LogP contribution in [0.25, 0.3) is 0 Å². The predicted molar refractivity (Wildman–Crippen MR) is 52.1 cm³/mol. The second-order valence-corrected chi connectivity index (χ2v) is 3.04. The molecule has 0 amide bonds. The number of carboxylic acids is 1. The fraction of sp³-hybridized carbons (Fsp3) is 0.200. The molecule has 1 rings (SSSR count). The summed E-state index contributed by atoms with van der Waals surface area (Å²) in [7, 11) is 0. The van der Waals surface area contributed by atoms with Crippen LogP contribution in [-0.2, 0) is 11.3 Å². The third kappa shape index (κ3) is 3.26. The summed E-state index contributed by atoms with van der Waals surface area (Å²) in [6.07, 6.45) is 4.40. The number of aromatic nitrogens is 1. The molecule has 14 heavy (non-hydrogen) atoms. The van der Waals surface area contributed by atoms with Gasteiger partial charge in [-0.2, -0.15) is 0 Å². The zero-order valence-corrected chi connectivity index (χ0v) is 7.80. The fourth-order valence-electron chi connectivity index (χ4n) is 1.09. The van der Waals surface area contributed by atoms with Crippen molar-refractivity contribution in [3.8, 4) is 0 Å². The number of rotatable bonds is 3. The molecule has 0 aliphatic rings. The van der Waals surface area contributed by atoms with Crippen molar-refractivity contribution in [2.24, 2.45) is 0 Å². The molecular formula is C10H11NO3. The van der Waals surface area contributed by atoms with Crippen LogP contribution in [0.15, 0.2) is 41.0 Å². The van der Waals surface area contributed by atoms with Gasteiger partial charge in [0.25, 0.3) is 0 Å².